The van der Waals surface area contributed by atoms with Crippen molar-refractivity contribution < 1.29 is 9.59 Å². The summed E-state index contributed by atoms with van der Waals surface area (Å²) in [5.74, 6) is 2.05. The highest BCUT2D eigenvalue weighted by Gasteiger charge is 2.51. The molecule has 4 fully saturated rings. The molecule has 2 amide bonds. The van der Waals surface area contributed by atoms with E-state index in [-0.39, 0.29) is 17.2 Å². The van der Waals surface area contributed by atoms with Crippen molar-refractivity contribution in [1.82, 2.24) is 25.8 Å². The van der Waals surface area contributed by atoms with Gasteiger partial charge in [0, 0.05) is 18.5 Å². The van der Waals surface area contributed by atoms with Crippen molar-refractivity contribution in [3.8, 4) is 0 Å². The molecular formula is C21H27N5O2. The molecule has 7 heteroatoms. The lowest BCUT2D eigenvalue weighted by atomic mass is 9.49. The minimum atomic E-state index is -0.327. The van der Waals surface area contributed by atoms with Gasteiger partial charge in [-0.05, 0) is 86.8 Å². The standard InChI is InChI=1S/C21H27N5O2/c1-2-26-18-4-3-16(8-17(18)22-25-26)20(28)24-23-19(27)12-21-9-13-5-14(10-21)7-15(6-13)11-21/h3-4,8,13-15H,2,5-7,9-12H2,1H3,(H,23,27)(H,24,28). The topological polar surface area (TPSA) is 88.9 Å². The zero-order valence-electron chi connectivity index (χ0n) is 16.3. The average molecular weight is 381 g/mol. The van der Waals surface area contributed by atoms with Crippen molar-refractivity contribution in [2.24, 2.45) is 23.2 Å². The molecule has 7 nitrogen and oxygen atoms in total. The predicted molar refractivity (Wildman–Crippen MR) is 104 cm³/mol. The average Bonchev–Trinajstić information content (AvgIpc) is 3.07. The van der Waals surface area contributed by atoms with Crippen LogP contribution in [0.2, 0.25) is 0 Å². The number of fused-ring (bicyclic) bond motifs is 1. The van der Waals surface area contributed by atoms with E-state index in [1.165, 1.54) is 38.5 Å². The smallest absolute Gasteiger partial charge is 0.269 e. The van der Waals surface area contributed by atoms with Crippen LogP contribution in [0.25, 0.3) is 11.0 Å². The van der Waals surface area contributed by atoms with E-state index in [9.17, 15) is 9.59 Å². The normalized spacial score (nSPS) is 30.5. The van der Waals surface area contributed by atoms with E-state index >= 15 is 0 Å². The van der Waals surface area contributed by atoms with Gasteiger partial charge in [-0.3, -0.25) is 20.4 Å². The zero-order chi connectivity index (χ0) is 19.3. The number of benzene rings is 1. The molecule has 2 aromatic rings. The van der Waals surface area contributed by atoms with Crippen molar-refractivity contribution in [3.05, 3.63) is 23.8 Å². The summed E-state index contributed by atoms with van der Waals surface area (Å²) in [6.07, 6.45) is 8.17. The van der Waals surface area contributed by atoms with E-state index in [1.807, 2.05) is 13.0 Å². The lowest BCUT2D eigenvalue weighted by molar-refractivity contribution is -0.130. The van der Waals surface area contributed by atoms with Crippen LogP contribution in [0.3, 0.4) is 0 Å². The van der Waals surface area contributed by atoms with Crippen LogP contribution < -0.4 is 10.9 Å². The maximum absolute atomic E-state index is 12.6. The molecular weight excluding hydrogens is 354 g/mol. The molecule has 0 spiro atoms. The Bertz CT molecular complexity index is 899. The van der Waals surface area contributed by atoms with Gasteiger partial charge in [0.15, 0.2) is 0 Å². The Morgan fingerprint density at radius 3 is 2.43 bits per heavy atom. The molecule has 4 bridgehead atoms. The second-order valence-corrected chi connectivity index (χ2v) is 9.21. The van der Waals surface area contributed by atoms with Gasteiger partial charge in [-0.15, -0.1) is 5.10 Å². The van der Waals surface area contributed by atoms with Crippen LogP contribution in [0.1, 0.15) is 62.2 Å². The number of nitrogens with one attached hydrogen (secondary N) is 2. The Labute approximate surface area is 164 Å². The summed E-state index contributed by atoms with van der Waals surface area (Å²) < 4.78 is 1.78. The van der Waals surface area contributed by atoms with Crippen molar-refractivity contribution >= 4 is 22.8 Å². The molecule has 0 saturated heterocycles. The molecule has 0 unspecified atom stereocenters. The Kier molecular flexibility index (Phi) is 4.14. The first kappa shape index (κ1) is 17.6. The van der Waals surface area contributed by atoms with E-state index in [2.05, 4.69) is 21.2 Å². The summed E-state index contributed by atoms with van der Waals surface area (Å²) in [5, 5.41) is 8.15. The van der Waals surface area contributed by atoms with Gasteiger partial charge in [-0.25, -0.2) is 4.68 Å². The quantitative estimate of drug-likeness (QED) is 0.797. The molecule has 1 aromatic carbocycles. The van der Waals surface area contributed by atoms with E-state index in [1.54, 1.807) is 16.8 Å². The van der Waals surface area contributed by atoms with Crippen molar-refractivity contribution in [2.45, 2.75) is 58.4 Å². The van der Waals surface area contributed by atoms with Crippen LogP contribution >= 0.6 is 0 Å². The lowest BCUT2D eigenvalue weighted by Crippen LogP contribution is -2.50. The summed E-state index contributed by atoms with van der Waals surface area (Å²) in [6, 6.07) is 5.28. The highest BCUT2D eigenvalue weighted by Crippen LogP contribution is 2.61. The minimum Gasteiger partial charge on any atom is -0.273 e. The number of amides is 2. The molecule has 1 heterocycles. The lowest BCUT2D eigenvalue weighted by Gasteiger charge is -2.56. The fourth-order valence-electron chi connectivity index (χ4n) is 6.44. The minimum absolute atomic E-state index is 0.0756. The monoisotopic (exact) mass is 381 g/mol. The van der Waals surface area contributed by atoms with Gasteiger partial charge in [0.25, 0.3) is 5.91 Å². The highest BCUT2D eigenvalue weighted by molar-refractivity contribution is 5.98. The molecule has 0 aliphatic heterocycles. The SMILES string of the molecule is CCn1nnc2cc(C(=O)NNC(=O)CC34CC5CC(CC(C5)C3)C4)ccc21. The molecule has 4 aliphatic rings. The van der Waals surface area contributed by atoms with Gasteiger partial charge in [-0.1, -0.05) is 5.21 Å². The number of aromatic nitrogens is 3. The van der Waals surface area contributed by atoms with Crippen molar-refractivity contribution in [1.29, 1.82) is 0 Å². The van der Waals surface area contributed by atoms with Gasteiger partial charge >= 0.3 is 0 Å². The fraction of sp³-hybridized carbons (Fsp3) is 0.619. The Balaban J connectivity index is 1.20. The van der Waals surface area contributed by atoms with Gasteiger partial charge in [-0.2, -0.15) is 0 Å². The Morgan fingerprint density at radius 2 is 1.79 bits per heavy atom. The third-order valence-electron chi connectivity index (χ3n) is 7.09. The summed E-state index contributed by atoms with van der Waals surface area (Å²) >= 11 is 0. The van der Waals surface area contributed by atoms with Crippen LogP contribution in [0, 0.1) is 23.2 Å². The number of rotatable bonds is 4. The third-order valence-corrected chi connectivity index (χ3v) is 7.09. The van der Waals surface area contributed by atoms with Gasteiger partial charge < -0.3 is 0 Å². The van der Waals surface area contributed by atoms with Crippen LogP contribution in [0.15, 0.2) is 18.2 Å². The first-order valence-electron chi connectivity index (χ1n) is 10.5. The van der Waals surface area contributed by atoms with Crippen molar-refractivity contribution in [2.75, 3.05) is 0 Å². The zero-order valence-corrected chi connectivity index (χ0v) is 16.3. The number of hydrogen-bond acceptors (Lipinski definition) is 4. The third kappa shape index (κ3) is 3.06. The molecule has 4 aliphatic carbocycles. The first-order chi connectivity index (χ1) is 13.5. The molecule has 2 N–H and O–H groups in total. The van der Waals surface area contributed by atoms with Crippen LogP contribution in [0.5, 0.6) is 0 Å². The number of nitrogens with zero attached hydrogens (tertiary/aromatic N) is 3. The molecule has 6 rings (SSSR count). The summed E-state index contributed by atoms with van der Waals surface area (Å²) in [4.78, 5) is 25.0. The van der Waals surface area contributed by atoms with Gasteiger partial charge in [0.05, 0.1) is 5.52 Å². The Hall–Kier alpha value is -2.44. The maximum Gasteiger partial charge on any atom is 0.269 e. The number of hydrogen-bond donors (Lipinski definition) is 2. The van der Waals surface area contributed by atoms with E-state index in [0.717, 1.165) is 29.8 Å². The Morgan fingerprint density at radius 1 is 1.11 bits per heavy atom. The summed E-state index contributed by atoms with van der Waals surface area (Å²) in [7, 11) is 0. The number of carbonyl (C=O) groups is 2. The molecule has 0 atom stereocenters. The second-order valence-electron chi connectivity index (χ2n) is 9.21. The largest absolute Gasteiger partial charge is 0.273 e. The van der Waals surface area contributed by atoms with Gasteiger partial charge in [0.2, 0.25) is 5.91 Å². The highest BCUT2D eigenvalue weighted by atomic mass is 16.2. The number of aryl methyl sites for hydroxylation is 1. The fourth-order valence-corrected chi connectivity index (χ4v) is 6.44. The van der Waals surface area contributed by atoms with E-state index < -0.39 is 0 Å². The number of hydrazine groups is 1. The van der Waals surface area contributed by atoms with E-state index in [4.69, 9.17) is 0 Å². The first-order valence-corrected chi connectivity index (χ1v) is 10.5. The number of carbonyl (C=O) groups excluding carboxylic acids is 2. The summed E-state index contributed by atoms with van der Waals surface area (Å²) in [6.45, 7) is 2.72. The molecule has 4 saturated carbocycles. The van der Waals surface area contributed by atoms with Crippen molar-refractivity contribution in [3.63, 3.8) is 0 Å². The van der Waals surface area contributed by atoms with Crippen LogP contribution in [0.4, 0.5) is 0 Å². The van der Waals surface area contributed by atoms with Gasteiger partial charge in [0.1, 0.15) is 5.52 Å². The second kappa shape index (κ2) is 6.57. The predicted octanol–water partition coefficient (Wildman–Crippen LogP) is 2.82. The molecule has 0 radical (unpaired) electrons. The van der Waals surface area contributed by atoms with E-state index in [0.29, 0.717) is 17.5 Å². The summed E-state index contributed by atoms with van der Waals surface area (Å²) in [5.41, 5.74) is 7.41. The molecule has 28 heavy (non-hydrogen) atoms. The molecule has 1 aromatic heterocycles. The van der Waals surface area contributed by atoms with Crippen LogP contribution in [-0.4, -0.2) is 26.8 Å². The maximum atomic E-state index is 12.6. The van der Waals surface area contributed by atoms with Crippen LogP contribution in [-0.2, 0) is 11.3 Å². The molecule has 148 valence electrons.